The Balaban J connectivity index is 2.79. The molecular weight excluding hydrogens is 262 g/mol. The zero-order valence-corrected chi connectivity index (χ0v) is 11.8. The number of hydrogen-bond acceptors (Lipinski definition) is 3. The van der Waals surface area contributed by atoms with Gasteiger partial charge in [-0.3, -0.25) is 4.79 Å². The molecule has 0 aliphatic rings. The lowest BCUT2D eigenvalue weighted by Crippen LogP contribution is -2.12. The molecule has 1 rings (SSSR count). The Morgan fingerprint density at radius 2 is 2.11 bits per heavy atom. The Kier molecular flexibility index (Phi) is 6.15. The standard InChI is InChI=1S/C14H17NO3S/c1-10-7-11(3-4-14(17)18)9-12(8-10)15-13(16)5-6-19-2/h3-4,7-9H,5-6H2,1-2H3,(H,15,16)(H,17,18)/b4-3+. The predicted molar refractivity (Wildman–Crippen MR) is 79.5 cm³/mol. The van der Waals surface area contributed by atoms with Crippen molar-refractivity contribution in [1.82, 2.24) is 0 Å². The summed E-state index contributed by atoms with van der Waals surface area (Å²) in [5.41, 5.74) is 2.41. The highest BCUT2D eigenvalue weighted by atomic mass is 32.2. The first-order valence-corrected chi connectivity index (χ1v) is 7.22. The summed E-state index contributed by atoms with van der Waals surface area (Å²) in [4.78, 5) is 22.1. The number of carboxylic acids is 1. The summed E-state index contributed by atoms with van der Waals surface area (Å²) in [6, 6.07) is 5.47. The molecule has 0 saturated carbocycles. The SMILES string of the molecule is CSCCC(=O)Nc1cc(C)cc(/C=C/C(=O)O)c1. The maximum Gasteiger partial charge on any atom is 0.328 e. The lowest BCUT2D eigenvalue weighted by molar-refractivity contribution is -0.131. The normalized spacial score (nSPS) is 10.6. The molecule has 102 valence electrons. The van der Waals surface area contributed by atoms with Crippen LogP contribution in [0.25, 0.3) is 6.08 Å². The molecular formula is C14H17NO3S. The number of aliphatic carboxylic acids is 1. The number of carbonyl (C=O) groups is 2. The van der Waals surface area contributed by atoms with Crippen molar-refractivity contribution in [2.24, 2.45) is 0 Å². The second-order valence-electron chi connectivity index (χ2n) is 4.09. The quantitative estimate of drug-likeness (QED) is 0.786. The molecule has 1 aromatic carbocycles. The fourth-order valence-electron chi connectivity index (χ4n) is 1.57. The van der Waals surface area contributed by atoms with E-state index in [9.17, 15) is 9.59 Å². The Morgan fingerprint density at radius 1 is 1.37 bits per heavy atom. The number of nitrogens with one attached hydrogen (secondary N) is 1. The summed E-state index contributed by atoms with van der Waals surface area (Å²) in [6.45, 7) is 1.90. The van der Waals surface area contributed by atoms with E-state index in [4.69, 9.17) is 5.11 Å². The van der Waals surface area contributed by atoms with Crippen LogP contribution in [0.2, 0.25) is 0 Å². The molecule has 0 bridgehead atoms. The van der Waals surface area contributed by atoms with Crippen molar-refractivity contribution in [3.8, 4) is 0 Å². The number of amides is 1. The third-order valence-electron chi connectivity index (χ3n) is 2.34. The molecule has 0 atom stereocenters. The van der Waals surface area contributed by atoms with Gasteiger partial charge in [-0.15, -0.1) is 0 Å². The highest BCUT2D eigenvalue weighted by molar-refractivity contribution is 7.98. The maximum absolute atomic E-state index is 11.6. The minimum atomic E-state index is -0.993. The lowest BCUT2D eigenvalue weighted by atomic mass is 10.1. The molecule has 0 spiro atoms. The van der Waals surface area contributed by atoms with Crippen LogP contribution >= 0.6 is 11.8 Å². The minimum Gasteiger partial charge on any atom is -0.478 e. The lowest BCUT2D eigenvalue weighted by Gasteiger charge is -2.07. The van der Waals surface area contributed by atoms with Gasteiger partial charge in [0.05, 0.1) is 0 Å². The molecule has 0 aliphatic heterocycles. The van der Waals surface area contributed by atoms with Crippen molar-refractivity contribution in [3.63, 3.8) is 0 Å². The van der Waals surface area contributed by atoms with Crippen molar-refractivity contribution in [3.05, 3.63) is 35.4 Å². The molecule has 0 radical (unpaired) electrons. The topological polar surface area (TPSA) is 66.4 Å². The number of anilines is 1. The third kappa shape index (κ3) is 6.10. The van der Waals surface area contributed by atoms with Gasteiger partial charge in [-0.2, -0.15) is 11.8 Å². The molecule has 0 saturated heterocycles. The highest BCUT2D eigenvalue weighted by Crippen LogP contribution is 2.16. The summed E-state index contributed by atoms with van der Waals surface area (Å²) in [7, 11) is 0. The molecule has 1 aromatic rings. The van der Waals surface area contributed by atoms with Gasteiger partial charge < -0.3 is 10.4 Å². The largest absolute Gasteiger partial charge is 0.478 e. The van der Waals surface area contributed by atoms with E-state index in [1.165, 1.54) is 6.08 Å². The Bertz CT molecular complexity index is 497. The van der Waals surface area contributed by atoms with Crippen LogP contribution in [-0.4, -0.2) is 29.0 Å². The fourth-order valence-corrected chi connectivity index (χ4v) is 1.96. The van der Waals surface area contributed by atoms with Crippen LogP contribution in [0.5, 0.6) is 0 Å². The molecule has 2 N–H and O–H groups in total. The average molecular weight is 279 g/mol. The first-order valence-electron chi connectivity index (χ1n) is 5.83. The summed E-state index contributed by atoms with van der Waals surface area (Å²) < 4.78 is 0. The van der Waals surface area contributed by atoms with Crippen molar-refractivity contribution in [2.45, 2.75) is 13.3 Å². The fraction of sp³-hybridized carbons (Fsp3) is 0.286. The van der Waals surface area contributed by atoms with E-state index < -0.39 is 5.97 Å². The van der Waals surface area contributed by atoms with Gasteiger partial charge in [0.15, 0.2) is 0 Å². The number of carboxylic acid groups (broad SMARTS) is 1. The third-order valence-corrected chi connectivity index (χ3v) is 2.95. The number of carbonyl (C=O) groups excluding carboxylic acids is 1. The van der Waals surface area contributed by atoms with Crippen molar-refractivity contribution in [1.29, 1.82) is 0 Å². The average Bonchev–Trinajstić information content (AvgIpc) is 2.33. The van der Waals surface area contributed by atoms with Crippen molar-refractivity contribution < 1.29 is 14.7 Å². The highest BCUT2D eigenvalue weighted by Gasteiger charge is 2.03. The zero-order chi connectivity index (χ0) is 14.3. The van der Waals surface area contributed by atoms with Crippen LogP contribution in [0.15, 0.2) is 24.3 Å². The zero-order valence-electron chi connectivity index (χ0n) is 11.0. The molecule has 0 unspecified atom stereocenters. The molecule has 5 heteroatoms. The smallest absolute Gasteiger partial charge is 0.328 e. The number of thioether (sulfide) groups is 1. The first kappa shape index (κ1) is 15.3. The molecule has 1 amide bonds. The molecule has 19 heavy (non-hydrogen) atoms. The monoisotopic (exact) mass is 279 g/mol. The van der Waals surface area contributed by atoms with Gasteiger partial charge in [0.1, 0.15) is 0 Å². The number of benzene rings is 1. The summed E-state index contributed by atoms with van der Waals surface area (Å²) in [6.07, 6.45) is 5.01. The van der Waals surface area contributed by atoms with Crippen LogP contribution in [0.3, 0.4) is 0 Å². The van der Waals surface area contributed by atoms with Gasteiger partial charge in [0.25, 0.3) is 0 Å². The number of rotatable bonds is 6. The molecule has 0 heterocycles. The van der Waals surface area contributed by atoms with Gasteiger partial charge in [0, 0.05) is 23.9 Å². The molecule has 0 fully saturated rings. The van der Waals surface area contributed by atoms with Gasteiger partial charge >= 0.3 is 5.97 Å². The summed E-state index contributed by atoms with van der Waals surface area (Å²) >= 11 is 1.62. The Labute approximate surface area is 116 Å². The first-order chi connectivity index (χ1) is 9.01. The van der Waals surface area contributed by atoms with Gasteiger partial charge in [-0.25, -0.2) is 4.79 Å². The summed E-state index contributed by atoms with van der Waals surface area (Å²) in [5.74, 6) is -0.246. The number of hydrogen-bond donors (Lipinski definition) is 2. The van der Waals surface area contributed by atoms with E-state index in [1.807, 2.05) is 25.3 Å². The molecule has 0 aliphatic carbocycles. The van der Waals surface area contributed by atoms with E-state index in [1.54, 1.807) is 17.8 Å². The maximum atomic E-state index is 11.6. The molecule has 4 nitrogen and oxygen atoms in total. The van der Waals surface area contributed by atoms with E-state index in [0.29, 0.717) is 12.1 Å². The van der Waals surface area contributed by atoms with E-state index in [2.05, 4.69) is 5.32 Å². The second kappa shape index (κ2) is 7.63. The van der Waals surface area contributed by atoms with E-state index >= 15 is 0 Å². The van der Waals surface area contributed by atoms with E-state index in [0.717, 1.165) is 23.0 Å². The Hall–Kier alpha value is -1.75. The summed E-state index contributed by atoms with van der Waals surface area (Å²) in [5, 5.41) is 11.4. The van der Waals surface area contributed by atoms with Crippen LogP contribution in [0, 0.1) is 6.92 Å². The van der Waals surface area contributed by atoms with Crippen molar-refractivity contribution >= 4 is 35.4 Å². The van der Waals surface area contributed by atoms with Crippen LogP contribution < -0.4 is 5.32 Å². The minimum absolute atomic E-state index is 0.0342. The van der Waals surface area contributed by atoms with Crippen LogP contribution in [-0.2, 0) is 9.59 Å². The van der Waals surface area contributed by atoms with Gasteiger partial charge in [-0.05, 0) is 42.5 Å². The van der Waals surface area contributed by atoms with Crippen molar-refractivity contribution in [2.75, 3.05) is 17.3 Å². The van der Waals surface area contributed by atoms with Gasteiger partial charge in [-0.1, -0.05) is 6.07 Å². The second-order valence-corrected chi connectivity index (χ2v) is 5.08. The van der Waals surface area contributed by atoms with Crippen LogP contribution in [0.1, 0.15) is 17.5 Å². The van der Waals surface area contributed by atoms with Gasteiger partial charge in [0.2, 0.25) is 5.91 Å². The van der Waals surface area contributed by atoms with E-state index in [-0.39, 0.29) is 5.91 Å². The number of aryl methyl sites for hydroxylation is 1. The Morgan fingerprint density at radius 3 is 2.74 bits per heavy atom. The molecule has 0 aromatic heterocycles. The van der Waals surface area contributed by atoms with Crippen LogP contribution in [0.4, 0.5) is 5.69 Å². The predicted octanol–water partition coefficient (Wildman–Crippen LogP) is 2.78.